The zero-order valence-corrected chi connectivity index (χ0v) is 17.3. The Morgan fingerprint density at radius 2 is 2.04 bits per heavy atom. The Kier molecular flexibility index (Phi) is 10.6. The molecule has 132 valence electrons. The van der Waals surface area contributed by atoms with Crippen molar-refractivity contribution in [3.8, 4) is 10.6 Å². The molecule has 24 heavy (non-hydrogen) atoms. The van der Waals surface area contributed by atoms with Gasteiger partial charge in [-0.05, 0) is 13.3 Å². The van der Waals surface area contributed by atoms with Gasteiger partial charge in [0.25, 0.3) is 0 Å². The summed E-state index contributed by atoms with van der Waals surface area (Å²) < 4.78 is 5.31. The lowest BCUT2D eigenvalue weighted by Crippen LogP contribution is -2.37. The SMILES string of the molecule is CCOCCCNC(=NC)NCc1csc(-c2ccccc2)n1.I. The summed E-state index contributed by atoms with van der Waals surface area (Å²) >= 11 is 1.66. The monoisotopic (exact) mass is 460 g/mol. The number of aromatic nitrogens is 1. The Bertz CT molecular complexity index is 604. The van der Waals surface area contributed by atoms with Crippen LogP contribution < -0.4 is 10.6 Å². The Morgan fingerprint density at radius 1 is 1.25 bits per heavy atom. The van der Waals surface area contributed by atoms with Crippen molar-refractivity contribution in [2.24, 2.45) is 4.99 Å². The van der Waals surface area contributed by atoms with E-state index in [-0.39, 0.29) is 24.0 Å². The highest BCUT2D eigenvalue weighted by atomic mass is 127. The second-order valence-corrected chi connectivity index (χ2v) is 5.77. The lowest BCUT2D eigenvalue weighted by molar-refractivity contribution is 0.145. The molecule has 5 nitrogen and oxygen atoms in total. The van der Waals surface area contributed by atoms with Gasteiger partial charge in [0.2, 0.25) is 0 Å². The molecule has 2 N–H and O–H groups in total. The van der Waals surface area contributed by atoms with Gasteiger partial charge in [-0.3, -0.25) is 4.99 Å². The molecule has 7 heteroatoms. The highest BCUT2D eigenvalue weighted by Gasteiger charge is 2.05. The molecule has 1 heterocycles. The van der Waals surface area contributed by atoms with Gasteiger partial charge in [0.05, 0.1) is 12.2 Å². The summed E-state index contributed by atoms with van der Waals surface area (Å²) in [7, 11) is 1.77. The number of aliphatic imine (C=N–C) groups is 1. The van der Waals surface area contributed by atoms with E-state index in [9.17, 15) is 0 Å². The van der Waals surface area contributed by atoms with Gasteiger partial charge >= 0.3 is 0 Å². The Hall–Kier alpha value is -1.19. The summed E-state index contributed by atoms with van der Waals surface area (Å²) in [6, 6.07) is 10.2. The van der Waals surface area contributed by atoms with E-state index in [1.807, 2.05) is 25.1 Å². The predicted molar refractivity (Wildman–Crippen MR) is 112 cm³/mol. The number of ether oxygens (including phenoxy) is 1. The van der Waals surface area contributed by atoms with Crippen molar-refractivity contribution in [3.05, 3.63) is 41.4 Å². The van der Waals surface area contributed by atoms with Crippen LogP contribution in [0.1, 0.15) is 19.0 Å². The van der Waals surface area contributed by atoms with Crippen LogP contribution in [0, 0.1) is 0 Å². The molecule has 0 aliphatic rings. The van der Waals surface area contributed by atoms with Gasteiger partial charge < -0.3 is 15.4 Å². The molecule has 0 atom stereocenters. The normalized spacial score (nSPS) is 11.0. The molecule has 0 amide bonds. The second-order valence-electron chi connectivity index (χ2n) is 4.91. The first-order valence-corrected chi connectivity index (χ1v) is 8.73. The van der Waals surface area contributed by atoms with Crippen LogP contribution in [0.15, 0.2) is 40.7 Å². The third-order valence-corrected chi connectivity index (χ3v) is 4.14. The third-order valence-electron chi connectivity index (χ3n) is 3.20. The summed E-state index contributed by atoms with van der Waals surface area (Å²) in [4.78, 5) is 8.88. The van der Waals surface area contributed by atoms with Crippen LogP contribution in [0.3, 0.4) is 0 Å². The fraction of sp³-hybridized carbons (Fsp3) is 0.412. The molecule has 0 spiro atoms. The van der Waals surface area contributed by atoms with Crippen molar-refractivity contribution >= 4 is 41.3 Å². The summed E-state index contributed by atoms with van der Waals surface area (Å²) in [6.07, 6.45) is 0.962. The smallest absolute Gasteiger partial charge is 0.191 e. The molecule has 0 radical (unpaired) electrons. The quantitative estimate of drug-likeness (QED) is 0.274. The first-order valence-electron chi connectivity index (χ1n) is 7.85. The topological polar surface area (TPSA) is 58.5 Å². The molecule has 0 unspecified atom stereocenters. The van der Waals surface area contributed by atoms with Crippen LogP contribution in [0.4, 0.5) is 0 Å². The van der Waals surface area contributed by atoms with Crippen molar-refractivity contribution in [1.29, 1.82) is 0 Å². The average Bonchev–Trinajstić information content (AvgIpc) is 3.07. The third kappa shape index (κ3) is 7.14. The van der Waals surface area contributed by atoms with Gasteiger partial charge in [0, 0.05) is 37.7 Å². The molecule has 0 saturated heterocycles. The van der Waals surface area contributed by atoms with Crippen LogP contribution in [-0.2, 0) is 11.3 Å². The molecule has 0 aliphatic heterocycles. The molecule has 1 aromatic heterocycles. The number of hydrogen-bond donors (Lipinski definition) is 2. The number of rotatable bonds is 8. The van der Waals surface area contributed by atoms with E-state index in [1.165, 1.54) is 0 Å². The Labute approximate surface area is 165 Å². The molecule has 2 rings (SSSR count). The minimum atomic E-state index is 0. The predicted octanol–water partition coefficient (Wildman–Crippen LogP) is 3.52. The Morgan fingerprint density at radius 3 is 2.75 bits per heavy atom. The van der Waals surface area contributed by atoms with Crippen LogP contribution in [-0.4, -0.2) is 37.7 Å². The molecule has 0 fully saturated rings. The van der Waals surface area contributed by atoms with Crippen LogP contribution in [0.25, 0.3) is 10.6 Å². The minimum absolute atomic E-state index is 0. The van der Waals surface area contributed by atoms with E-state index >= 15 is 0 Å². The molecular weight excluding hydrogens is 435 g/mol. The molecule has 1 aromatic carbocycles. The molecule has 0 saturated carbocycles. The number of thiazole rings is 1. The fourth-order valence-corrected chi connectivity index (χ4v) is 2.85. The number of nitrogens with one attached hydrogen (secondary N) is 2. The fourth-order valence-electron chi connectivity index (χ4n) is 2.02. The Balaban J connectivity index is 0.00000288. The van der Waals surface area contributed by atoms with Crippen LogP contribution >= 0.6 is 35.3 Å². The maximum atomic E-state index is 5.31. The van der Waals surface area contributed by atoms with Crippen molar-refractivity contribution in [2.75, 3.05) is 26.8 Å². The highest BCUT2D eigenvalue weighted by Crippen LogP contribution is 2.22. The van der Waals surface area contributed by atoms with Gasteiger partial charge in [0.1, 0.15) is 5.01 Å². The average molecular weight is 460 g/mol. The summed E-state index contributed by atoms with van der Waals surface area (Å²) in [5.74, 6) is 0.788. The van der Waals surface area contributed by atoms with E-state index in [4.69, 9.17) is 4.74 Å². The van der Waals surface area contributed by atoms with E-state index in [2.05, 4.69) is 38.1 Å². The number of hydrogen-bond acceptors (Lipinski definition) is 4. The summed E-state index contributed by atoms with van der Waals surface area (Å²) in [5.41, 5.74) is 2.17. The highest BCUT2D eigenvalue weighted by molar-refractivity contribution is 14.0. The first-order chi connectivity index (χ1) is 11.3. The summed E-state index contributed by atoms with van der Waals surface area (Å²) in [6.45, 7) is 5.04. The summed E-state index contributed by atoms with van der Waals surface area (Å²) in [5, 5.41) is 9.68. The number of benzene rings is 1. The lowest BCUT2D eigenvalue weighted by atomic mass is 10.2. The van der Waals surface area contributed by atoms with Gasteiger partial charge in [-0.1, -0.05) is 30.3 Å². The first kappa shape index (κ1) is 20.9. The van der Waals surface area contributed by atoms with Gasteiger partial charge in [-0.15, -0.1) is 35.3 Å². The van der Waals surface area contributed by atoms with E-state index < -0.39 is 0 Å². The lowest BCUT2D eigenvalue weighted by Gasteiger charge is -2.10. The van der Waals surface area contributed by atoms with Gasteiger partial charge in [-0.25, -0.2) is 4.98 Å². The van der Waals surface area contributed by atoms with E-state index in [0.717, 1.165) is 48.4 Å². The van der Waals surface area contributed by atoms with E-state index in [1.54, 1.807) is 18.4 Å². The zero-order valence-electron chi connectivity index (χ0n) is 14.1. The van der Waals surface area contributed by atoms with Crippen LogP contribution in [0.2, 0.25) is 0 Å². The van der Waals surface area contributed by atoms with E-state index in [0.29, 0.717) is 6.54 Å². The standard InChI is InChI=1S/C17H24N4OS.HI/c1-3-22-11-7-10-19-17(18-2)20-12-15-13-23-16(21-15)14-8-5-4-6-9-14;/h4-6,8-9,13H,3,7,10-12H2,1-2H3,(H2,18,19,20);1H. The van der Waals surface area contributed by atoms with Gasteiger partial charge in [0.15, 0.2) is 5.96 Å². The maximum Gasteiger partial charge on any atom is 0.191 e. The van der Waals surface area contributed by atoms with Crippen molar-refractivity contribution in [1.82, 2.24) is 15.6 Å². The molecule has 0 bridgehead atoms. The minimum Gasteiger partial charge on any atom is -0.382 e. The molecule has 2 aromatic rings. The zero-order chi connectivity index (χ0) is 16.3. The maximum absolute atomic E-state index is 5.31. The van der Waals surface area contributed by atoms with Crippen molar-refractivity contribution in [2.45, 2.75) is 19.9 Å². The molecule has 0 aliphatic carbocycles. The largest absolute Gasteiger partial charge is 0.382 e. The molecular formula is C17H25IN4OS. The second kappa shape index (κ2) is 12.2. The van der Waals surface area contributed by atoms with Gasteiger partial charge in [-0.2, -0.15) is 0 Å². The van der Waals surface area contributed by atoms with Crippen molar-refractivity contribution < 1.29 is 4.74 Å². The van der Waals surface area contributed by atoms with Crippen LogP contribution in [0.5, 0.6) is 0 Å². The number of halogens is 1. The number of nitrogens with zero attached hydrogens (tertiary/aromatic N) is 2. The number of guanidine groups is 1. The van der Waals surface area contributed by atoms with Crippen molar-refractivity contribution in [3.63, 3.8) is 0 Å².